The van der Waals surface area contributed by atoms with Crippen LogP contribution in [0.1, 0.15) is 51.2 Å². The van der Waals surface area contributed by atoms with Gasteiger partial charge in [0.2, 0.25) is 5.91 Å². The molecule has 0 spiro atoms. The molecule has 3 N–H and O–H groups in total. The van der Waals surface area contributed by atoms with Crippen LogP contribution in [0.5, 0.6) is 0 Å². The molecule has 0 aliphatic carbocycles. The van der Waals surface area contributed by atoms with Crippen molar-refractivity contribution < 1.29 is 32.6 Å². The number of benzene rings is 1. The summed E-state index contributed by atoms with van der Waals surface area (Å²) in [4.78, 5) is 25.3. The molecule has 35 heavy (non-hydrogen) atoms. The Morgan fingerprint density at radius 2 is 1.83 bits per heavy atom. The maximum atomic E-state index is 13.1. The van der Waals surface area contributed by atoms with Gasteiger partial charge in [-0.05, 0) is 42.7 Å². The molecule has 0 saturated carbocycles. The summed E-state index contributed by atoms with van der Waals surface area (Å²) in [6.07, 6.45) is 2.12. The van der Waals surface area contributed by atoms with Gasteiger partial charge >= 0.3 is 5.97 Å². The predicted octanol–water partition coefficient (Wildman–Crippen LogP) is 1.78. The Balaban J connectivity index is 3.12. The number of aliphatic hydroxyl groups is 1. The van der Waals surface area contributed by atoms with Crippen LogP contribution in [-0.2, 0) is 40.7 Å². The quantitative estimate of drug-likeness (QED) is 0.225. The molecule has 9 nitrogen and oxygen atoms in total. The minimum Gasteiger partial charge on any atom is -0.469 e. The van der Waals surface area contributed by atoms with Gasteiger partial charge in [-0.2, -0.15) is 0 Å². The van der Waals surface area contributed by atoms with Crippen molar-refractivity contribution >= 4 is 21.7 Å². The monoisotopic (exact) mass is 514 g/mol. The van der Waals surface area contributed by atoms with Gasteiger partial charge in [0.25, 0.3) is 0 Å². The minimum atomic E-state index is -3.35. The van der Waals surface area contributed by atoms with Crippen LogP contribution in [0.25, 0.3) is 0 Å². The van der Waals surface area contributed by atoms with E-state index in [1.54, 1.807) is 7.05 Å². The molecule has 2 unspecified atom stereocenters. The molecule has 1 aromatic rings. The fraction of sp³-hybridized carbons (Fsp3) is 0.680. The van der Waals surface area contributed by atoms with E-state index in [2.05, 4.69) is 10.9 Å². The maximum Gasteiger partial charge on any atom is 0.311 e. The molecule has 1 rings (SSSR count). The highest BCUT2D eigenvalue weighted by Gasteiger charge is 2.36. The highest BCUT2D eigenvalue weighted by molar-refractivity contribution is 7.91. The molecule has 1 amide bonds. The van der Waals surface area contributed by atoms with Crippen molar-refractivity contribution in [2.45, 2.75) is 51.9 Å². The van der Waals surface area contributed by atoms with Crippen molar-refractivity contribution in [3.05, 3.63) is 35.4 Å². The van der Waals surface area contributed by atoms with Crippen LogP contribution in [0.15, 0.2) is 24.3 Å². The number of aliphatic hydroxyl groups excluding tert-OH is 1. The van der Waals surface area contributed by atoms with Gasteiger partial charge in [0.05, 0.1) is 43.2 Å². The Bertz CT molecular complexity index is 933. The number of hydrazine groups is 1. The zero-order valence-corrected chi connectivity index (χ0v) is 22.7. The van der Waals surface area contributed by atoms with Crippen LogP contribution >= 0.6 is 0 Å². The van der Waals surface area contributed by atoms with Crippen molar-refractivity contribution in [1.82, 2.24) is 10.9 Å². The summed E-state index contributed by atoms with van der Waals surface area (Å²) in [5.41, 5.74) is 5.69. The average Bonchev–Trinajstić information content (AvgIpc) is 2.77. The molecule has 0 fully saturated rings. The molecule has 0 heterocycles. The maximum absolute atomic E-state index is 13.1. The molecule has 0 aliphatic heterocycles. The van der Waals surface area contributed by atoms with Crippen molar-refractivity contribution in [2.24, 2.45) is 11.3 Å². The summed E-state index contributed by atoms with van der Waals surface area (Å²) in [7, 11) is 1.14. The average molecular weight is 515 g/mol. The van der Waals surface area contributed by atoms with Crippen LogP contribution in [-0.4, -0.2) is 71.4 Å². The number of hydrogen-bond acceptors (Lipinski definition) is 8. The highest BCUT2D eigenvalue weighted by Crippen LogP contribution is 2.34. The van der Waals surface area contributed by atoms with Crippen molar-refractivity contribution in [1.29, 1.82) is 0 Å². The van der Waals surface area contributed by atoms with Gasteiger partial charge in [-0.15, -0.1) is 0 Å². The zero-order valence-electron chi connectivity index (χ0n) is 21.8. The van der Waals surface area contributed by atoms with E-state index >= 15 is 0 Å². The van der Waals surface area contributed by atoms with E-state index in [0.29, 0.717) is 25.7 Å². The second kappa shape index (κ2) is 13.9. The van der Waals surface area contributed by atoms with Crippen molar-refractivity contribution in [3.63, 3.8) is 0 Å². The Hall–Kier alpha value is -2.01. The van der Waals surface area contributed by atoms with E-state index in [9.17, 15) is 18.0 Å². The van der Waals surface area contributed by atoms with Gasteiger partial charge < -0.3 is 14.6 Å². The summed E-state index contributed by atoms with van der Waals surface area (Å²) in [5, 5.41) is 9.01. The largest absolute Gasteiger partial charge is 0.469 e. The van der Waals surface area contributed by atoms with E-state index < -0.39 is 33.2 Å². The van der Waals surface area contributed by atoms with E-state index in [0.717, 1.165) is 11.1 Å². The molecule has 0 bridgehead atoms. The summed E-state index contributed by atoms with van der Waals surface area (Å²) in [5.74, 6) is -1.29. The third-order valence-electron chi connectivity index (χ3n) is 6.23. The number of hydrogen-bond donors (Lipinski definition) is 3. The molecule has 0 saturated heterocycles. The summed E-state index contributed by atoms with van der Waals surface area (Å²) in [6.45, 7) is 5.47. The number of ether oxygens (including phenoxy) is 2. The third kappa shape index (κ3) is 9.87. The first kappa shape index (κ1) is 31.0. The Labute approximate surface area is 209 Å². The lowest BCUT2D eigenvalue weighted by atomic mass is 9.75. The lowest BCUT2D eigenvalue weighted by molar-refractivity contribution is -0.147. The Morgan fingerprint density at radius 3 is 2.40 bits per heavy atom. The van der Waals surface area contributed by atoms with Crippen LogP contribution in [0, 0.1) is 11.3 Å². The molecule has 1 aromatic carbocycles. The zero-order chi connectivity index (χ0) is 26.7. The highest BCUT2D eigenvalue weighted by atomic mass is 32.2. The van der Waals surface area contributed by atoms with Crippen LogP contribution in [0.4, 0.5) is 0 Å². The predicted molar refractivity (Wildman–Crippen MR) is 135 cm³/mol. The van der Waals surface area contributed by atoms with E-state index in [-0.39, 0.29) is 30.0 Å². The standard InChI is InChI=1S/C25H42N2O7S/c1-24(2,18-35(31,32)14-13-28)11-8-12-25(3,23(30)27-26-4)21-10-7-9-19(16-21)15-20(17-33-5)22(29)34-6/h7,9-10,16,20,26,28H,8,11-15,17-18H2,1-6H3,(H,27,30). The number of nitrogens with one attached hydrogen (secondary N) is 2. The first-order chi connectivity index (χ1) is 16.3. The van der Waals surface area contributed by atoms with E-state index in [4.69, 9.17) is 14.6 Å². The van der Waals surface area contributed by atoms with Gasteiger partial charge in [-0.3, -0.25) is 15.0 Å². The Kier molecular flexibility index (Phi) is 12.3. The number of carbonyl (C=O) groups excluding carboxylic acids is 2. The number of carbonyl (C=O) groups is 2. The first-order valence-corrected chi connectivity index (χ1v) is 13.6. The van der Waals surface area contributed by atoms with Gasteiger partial charge in [-0.25, -0.2) is 13.8 Å². The number of rotatable bonds is 16. The summed E-state index contributed by atoms with van der Waals surface area (Å²) in [6, 6.07) is 7.58. The SMILES string of the molecule is CNNC(=O)C(C)(CCCC(C)(C)CS(=O)(=O)CCO)c1cccc(CC(COC)C(=O)OC)c1. The van der Waals surface area contributed by atoms with Crippen LogP contribution in [0.2, 0.25) is 0 Å². The minimum absolute atomic E-state index is 0.0239. The second-order valence-electron chi connectivity index (χ2n) is 9.95. The molecular weight excluding hydrogens is 472 g/mol. The molecule has 0 aliphatic rings. The van der Waals surface area contributed by atoms with E-state index in [1.807, 2.05) is 45.0 Å². The molecule has 0 radical (unpaired) electrons. The third-order valence-corrected chi connectivity index (χ3v) is 8.26. The second-order valence-corrected chi connectivity index (χ2v) is 12.1. The normalized spacial score (nSPS) is 14.7. The molecule has 0 aromatic heterocycles. The van der Waals surface area contributed by atoms with Gasteiger partial charge in [0.15, 0.2) is 9.84 Å². The van der Waals surface area contributed by atoms with Crippen molar-refractivity contribution in [3.8, 4) is 0 Å². The molecule has 2 atom stereocenters. The smallest absolute Gasteiger partial charge is 0.311 e. The lowest BCUT2D eigenvalue weighted by Crippen LogP contribution is -2.47. The summed E-state index contributed by atoms with van der Waals surface area (Å²) >= 11 is 0. The number of amides is 1. The van der Waals surface area contributed by atoms with Crippen molar-refractivity contribution in [2.75, 3.05) is 46.0 Å². The first-order valence-electron chi connectivity index (χ1n) is 11.8. The van der Waals surface area contributed by atoms with Gasteiger partial charge in [0.1, 0.15) is 0 Å². The number of sulfone groups is 1. The molecular formula is C25H42N2O7S. The number of methoxy groups -OCH3 is 2. The fourth-order valence-electron chi connectivity index (χ4n) is 4.34. The van der Waals surface area contributed by atoms with Crippen LogP contribution in [0.3, 0.4) is 0 Å². The van der Waals surface area contributed by atoms with Crippen LogP contribution < -0.4 is 10.9 Å². The molecule has 10 heteroatoms. The molecule has 200 valence electrons. The van der Waals surface area contributed by atoms with Gasteiger partial charge in [0, 0.05) is 14.2 Å². The summed E-state index contributed by atoms with van der Waals surface area (Å²) < 4.78 is 34.4. The Morgan fingerprint density at radius 1 is 1.14 bits per heavy atom. The van der Waals surface area contributed by atoms with Gasteiger partial charge in [-0.1, -0.05) is 44.5 Å². The fourth-order valence-corrected chi connectivity index (χ4v) is 6.10. The number of esters is 1. The topological polar surface area (TPSA) is 131 Å². The lowest BCUT2D eigenvalue weighted by Gasteiger charge is -2.31. The van der Waals surface area contributed by atoms with E-state index in [1.165, 1.54) is 14.2 Å².